The predicted octanol–water partition coefficient (Wildman–Crippen LogP) is 1.45. The van der Waals surface area contributed by atoms with Crippen molar-refractivity contribution in [3.8, 4) is 0 Å². The Hall–Kier alpha value is -1.32. The third-order valence-corrected chi connectivity index (χ3v) is 2.75. The minimum Gasteiger partial charge on any atom is -0.462 e. The van der Waals surface area contributed by atoms with E-state index in [1.54, 1.807) is 13.0 Å². The third-order valence-electron chi connectivity index (χ3n) is 2.75. The SMILES string of the molecule is C=CC(C)(CC)C(=O)OC1COC(=O)C1. The second-order valence-corrected chi connectivity index (χ2v) is 3.89. The molecule has 0 radical (unpaired) electrons. The van der Waals surface area contributed by atoms with Crippen molar-refractivity contribution in [3.63, 3.8) is 0 Å². The highest BCUT2D eigenvalue weighted by Gasteiger charge is 2.34. The van der Waals surface area contributed by atoms with Gasteiger partial charge in [0.2, 0.25) is 0 Å². The van der Waals surface area contributed by atoms with Gasteiger partial charge >= 0.3 is 11.9 Å². The molecule has 1 fully saturated rings. The molecule has 1 saturated heterocycles. The molecule has 1 aliphatic heterocycles. The summed E-state index contributed by atoms with van der Waals surface area (Å²) < 4.78 is 9.88. The summed E-state index contributed by atoms with van der Waals surface area (Å²) in [4.78, 5) is 22.5. The molecule has 4 nitrogen and oxygen atoms in total. The van der Waals surface area contributed by atoms with Crippen LogP contribution in [-0.4, -0.2) is 24.6 Å². The van der Waals surface area contributed by atoms with Gasteiger partial charge in [-0.2, -0.15) is 0 Å². The molecule has 0 aromatic rings. The van der Waals surface area contributed by atoms with Crippen LogP contribution < -0.4 is 0 Å². The maximum Gasteiger partial charge on any atom is 0.316 e. The standard InChI is InChI=1S/C11H16O4/c1-4-11(3,5-2)10(13)15-8-6-9(12)14-7-8/h4,8H,1,5-7H2,2-3H3. The summed E-state index contributed by atoms with van der Waals surface area (Å²) in [6.07, 6.45) is 1.92. The van der Waals surface area contributed by atoms with E-state index in [0.717, 1.165) is 0 Å². The first-order valence-corrected chi connectivity index (χ1v) is 5.02. The Morgan fingerprint density at radius 2 is 2.47 bits per heavy atom. The van der Waals surface area contributed by atoms with E-state index in [-0.39, 0.29) is 25.0 Å². The second kappa shape index (κ2) is 4.47. The van der Waals surface area contributed by atoms with Gasteiger partial charge in [-0.05, 0) is 13.3 Å². The van der Waals surface area contributed by atoms with Gasteiger partial charge in [0.1, 0.15) is 12.7 Å². The van der Waals surface area contributed by atoms with E-state index >= 15 is 0 Å². The van der Waals surface area contributed by atoms with E-state index in [1.165, 1.54) is 0 Å². The molecule has 15 heavy (non-hydrogen) atoms. The topological polar surface area (TPSA) is 52.6 Å². The van der Waals surface area contributed by atoms with Crippen molar-refractivity contribution in [2.75, 3.05) is 6.61 Å². The van der Waals surface area contributed by atoms with Crippen LogP contribution in [0.25, 0.3) is 0 Å². The number of esters is 2. The number of hydrogen-bond donors (Lipinski definition) is 0. The maximum absolute atomic E-state index is 11.7. The van der Waals surface area contributed by atoms with Gasteiger partial charge in [-0.1, -0.05) is 13.0 Å². The van der Waals surface area contributed by atoms with Gasteiger partial charge in [0.25, 0.3) is 0 Å². The van der Waals surface area contributed by atoms with Crippen molar-refractivity contribution in [1.29, 1.82) is 0 Å². The number of carbonyl (C=O) groups excluding carboxylic acids is 2. The van der Waals surface area contributed by atoms with Crippen LogP contribution in [0.1, 0.15) is 26.7 Å². The van der Waals surface area contributed by atoms with Gasteiger partial charge in [-0.25, -0.2) is 0 Å². The van der Waals surface area contributed by atoms with Crippen LogP contribution in [0.4, 0.5) is 0 Å². The van der Waals surface area contributed by atoms with Crippen LogP contribution >= 0.6 is 0 Å². The first-order chi connectivity index (χ1) is 7.01. The lowest BCUT2D eigenvalue weighted by Gasteiger charge is -2.23. The summed E-state index contributed by atoms with van der Waals surface area (Å²) >= 11 is 0. The Labute approximate surface area is 89.2 Å². The van der Waals surface area contributed by atoms with Crippen LogP contribution in [0, 0.1) is 5.41 Å². The molecular formula is C11H16O4. The molecule has 2 atom stereocenters. The molecule has 2 unspecified atom stereocenters. The fourth-order valence-corrected chi connectivity index (χ4v) is 1.22. The van der Waals surface area contributed by atoms with Crippen molar-refractivity contribution >= 4 is 11.9 Å². The van der Waals surface area contributed by atoms with Crippen molar-refractivity contribution in [2.24, 2.45) is 5.41 Å². The van der Waals surface area contributed by atoms with Crippen molar-refractivity contribution in [2.45, 2.75) is 32.8 Å². The molecule has 1 rings (SSSR count). The second-order valence-electron chi connectivity index (χ2n) is 3.89. The quantitative estimate of drug-likeness (QED) is 0.522. The summed E-state index contributed by atoms with van der Waals surface area (Å²) in [5.74, 6) is -0.659. The summed E-state index contributed by atoms with van der Waals surface area (Å²) in [6.45, 7) is 7.44. The van der Waals surface area contributed by atoms with E-state index in [2.05, 4.69) is 6.58 Å². The van der Waals surface area contributed by atoms with Gasteiger partial charge < -0.3 is 9.47 Å². The number of ether oxygens (including phenoxy) is 2. The average molecular weight is 212 g/mol. The molecule has 4 heteroatoms. The fraction of sp³-hybridized carbons (Fsp3) is 0.636. The zero-order valence-electron chi connectivity index (χ0n) is 9.12. The zero-order chi connectivity index (χ0) is 11.5. The highest BCUT2D eigenvalue weighted by molar-refractivity contribution is 5.79. The number of rotatable bonds is 4. The van der Waals surface area contributed by atoms with Crippen molar-refractivity contribution in [3.05, 3.63) is 12.7 Å². The largest absolute Gasteiger partial charge is 0.462 e. The Morgan fingerprint density at radius 3 is 2.87 bits per heavy atom. The first-order valence-electron chi connectivity index (χ1n) is 5.02. The van der Waals surface area contributed by atoms with Gasteiger partial charge in [0.15, 0.2) is 0 Å². The summed E-state index contributed by atoms with van der Waals surface area (Å²) in [5.41, 5.74) is -0.675. The average Bonchev–Trinajstić information content (AvgIpc) is 2.62. The fourth-order valence-electron chi connectivity index (χ4n) is 1.22. The van der Waals surface area contributed by atoms with Gasteiger partial charge in [0.05, 0.1) is 11.8 Å². The van der Waals surface area contributed by atoms with Crippen LogP contribution in [0.3, 0.4) is 0 Å². The van der Waals surface area contributed by atoms with E-state index in [1.807, 2.05) is 6.92 Å². The summed E-state index contributed by atoms with van der Waals surface area (Å²) in [7, 11) is 0. The highest BCUT2D eigenvalue weighted by Crippen LogP contribution is 2.26. The smallest absolute Gasteiger partial charge is 0.316 e. The van der Waals surface area contributed by atoms with Gasteiger partial charge in [-0.15, -0.1) is 6.58 Å². The zero-order valence-corrected chi connectivity index (χ0v) is 9.12. The van der Waals surface area contributed by atoms with E-state index in [0.29, 0.717) is 6.42 Å². The summed E-state index contributed by atoms with van der Waals surface area (Å²) in [5, 5.41) is 0. The molecule has 1 aliphatic rings. The molecule has 0 aliphatic carbocycles. The predicted molar refractivity (Wildman–Crippen MR) is 54.1 cm³/mol. The van der Waals surface area contributed by atoms with Crippen LogP contribution in [0.5, 0.6) is 0 Å². The molecule has 1 heterocycles. The first kappa shape index (κ1) is 11.8. The number of cyclic esters (lactones) is 1. The Bertz CT molecular complexity index is 284. The Kier molecular flexibility index (Phi) is 3.50. The lowest BCUT2D eigenvalue weighted by Crippen LogP contribution is -2.31. The van der Waals surface area contributed by atoms with Crippen molar-refractivity contribution < 1.29 is 19.1 Å². The molecule has 0 bridgehead atoms. The highest BCUT2D eigenvalue weighted by atomic mass is 16.6. The third kappa shape index (κ3) is 2.58. The number of carbonyl (C=O) groups is 2. The molecule has 0 aromatic heterocycles. The molecule has 0 saturated carbocycles. The van der Waals surface area contributed by atoms with Gasteiger partial charge in [-0.3, -0.25) is 9.59 Å². The minimum absolute atomic E-state index is 0.155. The van der Waals surface area contributed by atoms with Crippen LogP contribution in [0.2, 0.25) is 0 Å². The van der Waals surface area contributed by atoms with Crippen molar-refractivity contribution in [1.82, 2.24) is 0 Å². The van der Waals surface area contributed by atoms with Crippen LogP contribution in [-0.2, 0) is 19.1 Å². The molecular weight excluding hydrogens is 196 g/mol. The van der Waals surface area contributed by atoms with E-state index in [4.69, 9.17) is 9.47 Å². The van der Waals surface area contributed by atoms with E-state index < -0.39 is 11.5 Å². The summed E-state index contributed by atoms with van der Waals surface area (Å²) in [6, 6.07) is 0. The maximum atomic E-state index is 11.7. The lowest BCUT2D eigenvalue weighted by molar-refractivity contribution is -0.157. The van der Waals surface area contributed by atoms with Crippen LogP contribution in [0.15, 0.2) is 12.7 Å². The number of hydrogen-bond acceptors (Lipinski definition) is 4. The molecule has 0 N–H and O–H groups in total. The lowest BCUT2D eigenvalue weighted by atomic mass is 9.88. The normalized spacial score (nSPS) is 24.1. The molecule has 0 aromatic carbocycles. The Balaban J connectivity index is 2.55. The monoisotopic (exact) mass is 212 g/mol. The molecule has 0 spiro atoms. The minimum atomic E-state index is -0.675. The van der Waals surface area contributed by atoms with Gasteiger partial charge in [0, 0.05) is 0 Å². The molecule has 84 valence electrons. The Morgan fingerprint density at radius 1 is 1.80 bits per heavy atom. The molecule has 0 amide bonds. The van der Waals surface area contributed by atoms with E-state index in [9.17, 15) is 9.59 Å².